The number of hydrogen-bond donors (Lipinski definition) is 2. The van der Waals surface area contributed by atoms with Crippen molar-refractivity contribution in [3.8, 4) is 0 Å². The number of carbonyl (C=O) groups excluding carboxylic acids is 1. The average Bonchev–Trinajstić information content (AvgIpc) is 2.99. The van der Waals surface area contributed by atoms with E-state index in [2.05, 4.69) is 53.2 Å². The van der Waals surface area contributed by atoms with Crippen molar-refractivity contribution < 1.29 is 9.53 Å². The molecule has 1 aliphatic heterocycles. The van der Waals surface area contributed by atoms with Crippen molar-refractivity contribution in [3.05, 3.63) is 62.4 Å². The fourth-order valence-corrected chi connectivity index (χ4v) is 4.60. The SMILES string of the molecule is COC(=O)[C@@H]1Cc2c([nH]c3ccccc23)[C@H](c2ncc(Br)cc2Br)N1. The third-order valence-corrected chi connectivity index (χ3v) is 5.58. The van der Waals surface area contributed by atoms with Gasteiger partial charge < -0.3 is 9.72 Å². The van der Waals surface area contributed by atoms with Gasteiger partial charge in [-0.1, -0.05) is 18.2 Å². The van der Waals surface area contributed by atoms with Gasteiger partial charge in [-0.2, -0.15) is 0 Å². The molecule has 0 fully saturated rings. The van der Waals surface area contributed by atoms with Crippen molar-refractivity contribution in [2.75, 3.05) is 7.11 Å². The van der Waals surface area contributed by atoms with Crippen LogP contribution in [-0.4, -0.2) is 29.1 Å². The molecule has 2 atom stereocenters. The number of carbonyl (C=O) groups is 1. The van der Waals surface area contributed by atoms with Gasteiger partial charge in [0, 0.05) is 38.2 Å². The number of nitrogens with zero attached hydrogens (tertiary/aromatic N) is 1. The Hall–Kier alpha value is -1.70. The predicted octanol–water partition coefficient (Wildman–Crippen LogP) is 3.86. The van der Waals surface area contributed by atoms with E-state index in [9.17, 15) is 4.79 Å². The van der Waals surface area contributed by atoms with E-state index < -0.39 is 6.04 Å². The number of para-hydroxylation sites is 1. The first-order valence-corrected chi connectivity index (χ1v) is 9.41. The molecular formula is C18H15Br2N3O2. The number of aromatic amines is 1. The summed E-state index contributed by atoms with van der Waals surface area (Å²) in [6.07, 6.45) is 2.34. The number of benzene rings is 1. The molecule has 0 saturated heterocycles. The Balaban J connectivity index is 1.90. The Morgan fingerprint density at radius 2 is 2.12 bits per heavy atom. The molecule has 3 aromatic rings. The summed E-state index contributed by atoms with van der Waals surface area (Å²) in [5.41, 5.74) is 4.05. The van der Waals surface area contributed by atoms with E-state index in [-0.39, 0.29) is 12.0 Å². The summed E-state index contributed by atoms with van der Waals surface area (Å²) >= 11 is 7.02. The minimum Gasteiger partial charge on any atom is -0.468 e. The highest BCUT2D eigenvalue weighted by Gasteiger charge is 2.35. The van der Waals surface area contributed by atoms with Gasteiger partial charge in [0.1, 0.15) is 6.04 Å². The van der Waals surface area contributed by atoms with Crippen LogP contribution in [0, 0.1) is 0 Å². The Morgan fingerprint density at radius 3 is 2.88 bits per heavy atom. The van der Waals surface area contributed by atoms with Crippen LogP contribution < -0.4 is 5.32 Å². The first-order chi connectivity index (χ1) is 12.1. The van der Waals surface area contributed by atoms with Gasteiger partial charge in [0.05, 0.1) is 18.8 Å². The first kappa shape index (κ1) is 16.8. The summed E-state index contributed by atoms with van der Waals surface area (Å²) < 4.78 is 6.73. The number of pyridine rings is 1. The van der Waals surface area contributed by atoms with Crippen LogP contribution in [0.2, 0.25) is 0 Å². The quantitative estimate of drug-likeness (QED) is 0.565. The second-order valence-corrected chi connectivity index (χ2v) is 7.73. The Bertz CT molecular complexity index is 970. The lowest BCUT2D eigenvalue weighted by Crippen LogP contribution is -2.45. The second-order valence-electron chi connectivity index (χ2n) is 5.96. The maximum Gasteiger partial charge on any atom is 0.323 e. The Morgan fingerprint density at radius 1 is 1.32 bits per heavy atom. The van der Waals surface area contributed by atoms with Gasteiger partial charge in [-0.25, -0.2) is 0 Å². The van der Waals surface area contributed by atoms with Crippen LogP contribution >= 0.6 is 31.9 Å². The van der Waals surface area contributed by atoms with Gasteiger partial charge in [-0.15, -0.1) is 0 Å². The van der Waals surface area contributed by atoms with Crippen molar-refractivity contribution in [1.29, 1.82) is 0 Å². The van der Waals surface area contributed by atoms with Crippen LogP contribution in [0.15, 0.2) is 45.5 Å². The molecule has 2 aromatic heterocycles. The lowest BCUT2D eigenvalue weighted by atomic mass is 9.92. The van der Waals surface area contributed by atoms with Gasteiger partial charge in [0.2, 0.25) is 0 Å². The number of ether oxygens (including phenoxy) is 1. The molecule has 25 heavy (non-hydrogen) atoms. The molecule has 5 nitrogen and oxygen atoms in total. The van der Waals surface area contributed by atoms with Crippen LogP contribution in [0.4, 0.5) is 0 Å². The summed E-state index contributed by atoms with van der Waals surface area (Å²) in [4.78, 5) is 20.3. The summed E-state index contributed by atoms with van der Waals surface area (Å²) in [6.45, 7) is 0. The van der Waals surface area contributed by atoms with Crippen molar-refractivity contribution in [3.63, 3.8) is 0 Å². The summed E-state index contributed by atoms with van der Waals surface area (Å²) in [5.74, 6) is -0.269. The van der Waals surface area contributed by atoms with Crippen LogP contribution in [0.3, 0.4) is 0 Å². The largest absolute Gasteiger partial charge is 0.468 e. The average molecular weight is 465 g/mol. The summed E-state index contributed by atoms with van der Waals surface area (Å²) in [6, 6.07) is 9.43. The van der Waals surface area contributed by atoms with Crippen LogP contribution in [0.1, 0.15) is 23.0 Å². The molecule has 0 saturated carbocycles. The molecule has 0 aliphatic carbocycles. The zero-order valence-electron chi connectivity index (χ0n) is 13.3. The molecular weight excluding hydrogens is 450 g/mol. The van der Waals surface area contributed by atoms with Gasteiger partial charge in [-0.05, 0) is 49.6 Å². The zero-order valence-corrected chi connectivity index (χ0v) is 16.5. The number of methoxy groups -OCH3 is 1. The van der Waals surface area contributed by atoms with E-state index >= 15 is 0 Å². The first-order valence-electron chi connectivity index (χ1n) is 7.82. The molecule has 3 heterocycles. The number of fused-ring (bicyclic) bond motifs is 3. The van der Waals surface area contributed by atoms with Crippen molar-refractivity contribution in [2.45, 2.75) is 18.5 Å². The smallest absolute Gasteiger partial charge is 0.323 e. The van der Waals surface area contributed by atoms with E-state index in [1.54, 1.807) is 6.20 Å². The van der Waals surface area contributed by atoms with Gasteiger partial charge in [0.25, 0.3) is 0 Å². The van der Waals surface area contributed by atoms with Crippen LogP contribution in [0.5, 0.6) is 0 Å². The third-order valence-electron chi connectivity index (χ3n) is 4.51. The van der Waals surface area contributed by atoms with Gasteiger partial charge >= 0.3 is 5.97 Å². The van der Waals surface area contributed by atoms with Crippen LogP contribution in [-0.2, 0) is 16.0 Å². The lowest BCUT2D eigenvalue weighted by molar-refractivity contribution is -0.143. The Labute approximate surface area is 161 Å². The molecule has 7 heteroatoms. The third kappa shape index (κ3) is 2.90. The molecule has 2 N–H and O–H groups in total. The number of H-pyrrole nitrogens is 1. The maximum atomic E-state index is 12.2. The van der Waals surface area contributed by atoms with E-state index in [0.717, 1.165) is 36.8 Å². The van der Waals surface area contributed by atoms with E-state index in [4.69, 9.17) is 4.74 Å². The fraction of sp³-hybridized carbons (Fsp3) is 0.222. The van der Waals surface area contributed by atoms with Crippen molar-refractivity contribution >= 4 is 48.7 Å². The highest BCUT2D eigenvalue weighted by atomic mass is 79.9. The van der Waals surface area contributed by atoms with Gasteiger partial charge in [-0.3, -0.25) is 15.1 Å². The minimum atomic E-state index is -0.418. The summed E-state index contributed by atoms with van der Waals surface area (Å²) in [5, 5.41) is 4.51. The predicted molar refractivity (Wildman–Crippen MR) is 102 cm³/mol. The van der Waals surface area contributed by atoms with Gasteiger partial charge in [0.15, 0.2) is 0 Å². The highest BCUT2D eigenvalue weighted by molar-refractivity contribution is 9.11. The molecule has 0 bridgehead atoms. The lowest BCUT2D eigenvalue weighted by Gasteiger charge is -2.30. The molecule has 0 spiro atoms. The number of nitrogens with one attached hydrogen (secondary N) is 2. The van der Waals surface area contributed by atoms with E-state index in [1.807, 2.05) is 24.3 Å². The van der Waals surface area contributed by atoms with E-state index in [1.165, 1.54) is 7.11 Å². The number of halogens is 2. The van der Waals surface area contributed by atoms with Crippen molar-refractivity contribution in [1.82, 2.24) is 15.3 Å². The maximum absolute atomic E-state index is 12.2. The highest BCUT2D eigenvalue weighted by Crippen LogP contribution is 2.37. The minimum absolute atomic E-state index is 0.234. The zero-order chi connectivity index (χ0) is 17.6. The number of esters is 1. The standard InChI is InChI=1S/C18H15Br2N3O2/c1-25-18(24)14-7-11-10-4-2-3-5-13(10)22-15(11)17(23-14)16-12(20)6-9(19)8-21-16/h2-6,8,14,17,22-23H,7H2,1H3/t14-,17+/m0/s1. The molecule has 1 aromatic carbocycles. The molecule has 0 radical (unpaired) electrons. The van der Waals surface area contributed by atoms with Crippen LogP contribution in [0.25, 0.3) is 10.9 Å². The summed E-state index contributed by atoms with van der Waals surface area (Å²) in [7, 11) is 1.41. The van der Waals surface area contributed by atoms with E-state index in [0.29, 0.717) is 6.42 Å². The molecule has 1 aliphatic rings. The molecule has 0 amide bonds. The number of aromatic nitrogens is 2. The fourth-order valence-electron chi connectivity index (χ4n) is 3.38. The molecule has 128 valence electrons. The number of hydrogen-bond acceptors (Lipinski definition) is 4. The number of rotatable bonds is 2. The van der Waals surface area contributed by atoms with Crippen molar-refractivity contribution in [2.24, 2.45) is 0 Å². The topological polar surface area (TPSA) is 67.0 Å². The monoisotopic (exact) mass is 463 g/mol. The Kier molecular flexibility index (Phi) is 4.39. The molecule has 0 unspecified atom stereocenters. The normalized spacial score (nSPS) is 19.6. The molecule has 4 rings (SSSR count). The second kappa shape index (κ2) is 6.55.